The lowest BCUT2D eigenvalue weighted by Gasteiger charge is -2.08. The van der Waals surface area contributed by atoms with Crippen molar-refractivity contribution >= 4 is 45.8 Å². The van der Waals surface area contributed by atoms with Crippen LogP contribution in [0.4, 0.5) is 5.69 Å². The van der Waals surface area contributed by atoms with Crippen LogP contribution in [0.3, 0.4) is 0 Å². The van der Waals surface area contributed by atoms with Gasteiger partial charge in [-0.3, -0.25) is 4.79 Å². The monoisotopic (exact) mass is 349 g/mol. The molecule has 0 saturated carbocycles. The molecule has 116 valence electrons. The number of anilines is 1. The second-order valence-corrected chi connectivity index (χ2v) is 5.54. The van der Waals surface area contributed by atoms with Gasteiger partial charge in [0.15, 0.2) is 11.1 Å². The molecule has 0 bridgehead atoms. The summed E-state index contributed by atoms with van der Waals surface area (Å²) in [7, 11) is 0. The summed E-state index contributed by atoms with van der Waals surface area (Å²) in [6.07, 6.45) is 0. The van der Waals surface area contributed by atoms with Crippen LogP contribution in [0.25, 0.3) is 11.0 Å². The van der Waals surface area contributed by atoms with Gasteiger partial charge in [0.2, 0.25) is 0 Å². The number of aromatic hydroxyl groups is 1. The minimum Gasteiger partial charge on any atom is -0.506 e. The molecule has 1 heterocycles. The number of nitrogens with one attached hydrogen (secondary N) is 1. The molecule has 0 aliphatic carbocycles. The lowest BCUT2D eigenvalue weighted by Crippen LogP contribution is -2.21. The van der Waals surface area contributed by atoms with E-state index in [0.717, 1.165) is 0 Å². The van der Waals surface area contributed by atoms with E-state index in [-0.39, 0.29) is 21.0 Å². The first-order valence-corrected chi connectivity index (χ1v) is 7.24. The van der Waals surface area contributed by atoms with Crippen LogP contribution in [0.1, 0.15) is 10.4 Å². The molecule has 1 aromatic heterocycles. The third kappa shape index (κ3) is 2.88. The largest absolute Gasteiger partial charge is 0.506 e. The first-order chi connectivity index (χ1) is 11.0. The van der Waals surface area contributed by atoms with Crippen LogP contribution in [0.2, 0.25) is 10.0 Å². The van der Waals surface area contributed by atoms with E-state index in [1.165, 1.54) is 12.1 Å². The van der Waals surface area contributed by atoms with Crippen molar-refractivity contribution in [1.29, 1.82) is 0 Å². The highest BCUT2D eigenvalue weighted by molar-refractivity contribution is 6.38. The predicted molar refractivity (Wildman–Crippen MR) is 88.6 cm³/mol. The molecule has 0 aliphatic heterocycles. The Kier molecular flexibility index (Phi) is 3.98. The molecule has 2 N–H and O–H groups in total. The molecule has 2 aromatic carbocycles. The molecule has 7 heteroatoms. The lowest BCUT2D eigenvalue weighted by atomic mass is 10.1. The summed E-state index contributed by atoms with van der Waals surface area (Å²) in [5.74, 6) is -1.32. The number of amides is 1. The average Bonchev–Trinajstić information content (AvgIpc) is 2.50. The Bertz CT molecular complexity index is 967. The van der Waals surface area contributed by atoms with Crippen molar-refractivity contribution in [2.24, 2.45) is 0 Å². The quantitative estimate of drug-likeness (QED) is 0.683. The van der Waals surface area contributed by atoms with Crippen LogP contribution >= 0.6 is 23.2 Å². The van der Waals surface area contributed by atoms with Crippen LogP contribution in [-0.4, -0.2) is 11.0 Å². The van der Waals surface area contributed by atoms with E-state index >= 15 is 0 Å². The Hall–Kier alpha value is -2.50. The van der Waals surface area contributed by atoms with E-state index in [4.69, 9.17) is 27.6 Å². The van der Waals surface area contributed by atoms with Gasteiger partial charge in [0.05, 0.1) is 10.4 Å². The van der Waals surface area contributed by atoms with Crippen molar-refractivity contribution in [2.45, 2.75) is 0 Å². The van der Waals surface area contributed by atoms with Crippen LogP contribution in [0, 0.1) is 0 Å². The third-order valence-electron chi connectivity index (χ3n) is 3.16. The van der Waals surface area contributed by atoms with E-state index in [1.807, 2.05) is 0 Å². The highest BCUT2D eigenvalue weighted by Crippen LogP contribution is 2.34. The average molecular weight is 350 g/mol. The molecule has 0 aliphatic rings. The maximum Gasteiger partial charge on any atom is 0.353 e. The Morgan fingerprint density at radius 1 is 1.13 bits per heavy atom. The maximum atomic E-state index is 12.3. The number of halogens is 2. The molecule has 1 amide bonds. The summed E-state index contributed by atoms with van der Waals surface area (Å²) in [5.41, 5.74) is -1.07. The number of carbonyl (C=O) groups is 1. The van der Waals surface area contributed by atoms with Gasteiger partial charge < -0.3 is 14.8 Å². The van der Waals surface area contributed by atoms with Crippen LogP contribution in [0.5, 0.6) is 5.75 Å². The zero-order chi connectivity index (χ0) is 16.6. The van der Waals surface area contributed by atoms with Crippen molar-refractivity contribution in [2.75, 3.05) is 5.32 Å². The van der Waals surface area contributed by atoms with Crippen LogP contribution in [-0.2, 0) is 0 Å². The molecular formula is C16H9Cl2NO4. The van der Waals surface area contributed by atoms with Gasteiger partial charge in [-0.15, -0.1) is 0 Å². The standard InChI is InChI=1S/C16H9Cl2NO4/c17-8-6-10-13(20)12(16(22)23-14(10)11(18)7-8)15(21)19-9-4-2-1-3-5-9/h1-7,20H,(H,19,21). The molecule has 0 fully saturated rings. The van der Waals surface area contributed by atoms with Gasteiger partial charge in [0.25, 0.3) is 5.91 Å². The Balaban J connectivity index is 2.14. The summed E-state index contributed by atoms with van der Waals surface area (Å²) < 4.78 is 5.05. The molecule has 3 rings (SSSR count). The Labute approximate surface area is 140 Å². The van der Waals surface area contributed by atoms with Crippen LogP contribution in [0.15, 0.2) is 51.7 Å². The smallest absolute Gasteiger partial charge is 0.353 e. The minimum absolute atomic E-state index is 0.0326. The van der Waals surface area contributed by atoms with Gasteiger partial charge in [-0.25, -0.2) is 4.79 Å². The number of benzene rings is 2. The molecule has 0 atom stereocenters. The van der Waals surface area contributed by atoms with E-state index in [1.54, 1.807) is 30.3 Å². The van der Waals surface area contributed by atoms with Gasteiger partial charge >= 0.3 is 5.63 Å². The normalized spacial score (nSPS) is 10.7. The highest BCUT2D eigenvalue weighted by Gasteiger charge is 2.22. The second-order valence-electron chi connectivity index (χ2n) is 4.70. The van der Waals surface area contributed by atoms with Gasteiger partial charge in [0.1, 0.15) is 5.75 Å². The van der Waals surface area contributed by atoms with Crippen molar-refractivity contribution in [3.05, 3.63) is 68.5 Å². The number of hydrogen-bond acceptors (Lipinski definition) is 4. The molecule has 0 saturated heterocycles. The fourth-order valence-corrected chi connectivity index (χ4v) is 2.66. The summed E-state index contributed by atoms with van der Waals surface area (Å²) >= 11 is 11.8. The number of para-hydroxylation sites is 1. The van der Waals surface area contributed by atoms with Gasteiger partial charge in [-0.2, -0.15) is 0 Å². The van der Waals surface area contributed by atoms with Crippen molar-refractivity contribution in [3.63, 3.8) is 0 Å². The number of fused-ring (bicyclic) bond motifs is 1. The minimum atomic E-state index is -0.993. The molecule has 23 heavy (non-hydrogen) atoms. The summed E-state index contributed by atoms with van der Waals surface area (Å²) in [6, 6.07) is 11.2. The molecular weight excluding hydrogens is 341 g/mol. The fraction of sp³-hybridized carbons (Fsp3) is 0. The maximum absolute atomic E-state index is 12.3. The van der Waals surface area contributed by atoms with Crippen molar-refractivity contribution in [1.82, 2.24) is 0 Å². The first kappa shape index (κ1) is 15.4. The zero-order valence-corrected chi connectivity index (χ0v) is 13.0. The van der Waals surface area contributed by atoms with Crippen molar-refractivity contribution < 1.29 is 14.3 Å². The Morgan fingerprint density at radius 2 is 1.83 bits per heavy atom. The van der Waals surface area contributed by atoms with E-state index < -0.39 is 22.8 Å². The zero-order valence-electron chi connectivity index (χ0n) is 11.5. The molecule has 3 aromatic rings. The SMILES string of the molecule is O=C(Nc1ccccc1)c1c(O)c2cc(Cl)cc(Cl)c2oc1=O. The van der Waals surface area contributed by atoms with Crippen LogP contribution < -0.4 is 10.9 Å². The lowest BCUT2D eigenvalue weighted by molar-refractivity contribution is 0.102. The Morgan fingerprint density at radius 3 is 2.52 bits per heavy atom. The van der Waals surface area contributed by atoms with E-state index in [0.29, 0.717) is 5.69 Å². The molecule has 0 unspecified atom stereocenters. The number of rotatable bonds is 2. The van der Waals surface area contributed by atoms with Gasteiger partial charge in [-0.05, 0) is 24.3 Å². The molecule has 0 radical (unpaired) electrons. The third-order valence-corrected chi connectivity index (χ3v) is 3.66. The predicted octanol–water partition coefficient (Wildman–Crippen LogP) is 4.06. The van der Waals surface area contributed by atoms with E-state index in [2.05, 4.69) is 5.32 Å². The topological polar surface area (TPSA) is 79.5 Å². The summed E-state index contributed by atoms with van der Waals surface area (Å²) in [4.78, 5) is 24.3. The van der Waals surface area contributed by atoms with E-state index in [9.17, 15) is 14.7 Å². The van der Waals surface area contributed by atoms with Gasteiger partial charge in [0, 0.05) is 10.7 Å². The summed E-state index contributed by atoms with van der Waals surface area (Å²) in [6.45, 7) is 0. The molecule has 0 spiro atoms. The fourth-order valence-electron chi connectivity index (χ4n) is 2.13. The highest BCUT2D eigenvalue weighted by atomic mass is 35.5. The first-order valence-electron chi connectivity index (χ1n) is 6.48. The second kappa shape index (κ2) is 5.95. The number of carbonyl (C=O) groups excluding carboxylic acids is 1. The summed E-state index contributed by atoms with van der Waals surface area (Å²) in [5, 5.41) is 13.2. The molecule has 5 nitrogen and oxygen atoms in total. The number of hydrogen-bond donors (Lipinski definition) is 2. The van der Waals surface area contributed by atoms with Crippen molar-refractivity contribution in [3.8, 4) is 5.75 Å². The van der Waals surface area contributed by atoms with Gasteiger partial charge in [-0.1, -0.05) is 41.4 Å².